The van der Waals surface area contributed by atoms with Gasteiger partial charge in [0.05, 0.1) is 17.3 Å². The number of nitrogens with one attached hydrogen (secondary N) is 1. The predicted octanol–water partition coefficient (Wildman–Crippen LogP) is 2.01. The van der Waals surface area contributed by atoms with Crippen molar-refractivity contribution in [3.8, 4) is 0 Å². The molecule has 0 aliphatic rings. The summed E-state index contributed by atoms with van der Waals surface area (Å²) in [6, 6.07) is 1.94. The first kappa shape index (κ1) is 12.1. The topological polar surface area (TPSA) is 42.7 Å². The highest BCUT2D eigenvalue weighted by atomic mass is 35.5. The first-order valence-electron chi connectivity index (χ1n) is 5.46. The lowest BCUT2D eigenvalue weighted by Gasteiger charge is -2.11. The quantitative estimate of drug-likeness (QED) is 0.903. The first-order chi connectivity index (χ1) is 8.22. The van der Waals surface area contributed by atoms with Gasteiger partial charge < -0.3 is 9.88 Å². The Kier molecular flexibility index (Phi) is 3.76. The van der Waals surface area contributed by atoms with Crippen molar-refractivity contribution in [3.05, 3.63) is 46.8 Å². The minimum absolute atomic E-state index is 0.691. The number of hydrogen-bond donors (Lipinski definition) is 1. The molecule has 0 aliphatic heterocycles. The number of halogens is 1. The van der Waals surface area contributed by atoms with Crippen LogP contribution in [0.3, 0.4) is 0 Å². The molecule has 2 aromatic rings. The van der Waals surface area contributed by atoms with Crippen molar-refractivity contribution >= 4 is 11.6 Å². The molecule has 17 heavy (non-hydrogen) atoms. The maximum absolute atomic E-state index is 6.11. The molecule has 0 amide bonds. The molecular weight excluding hydrogens is 236 g/mol. The van der Waals surface area contributed by atoms with E-state index in [1.165, 1.54) is 0 Å². The smallest absolute Gasteiger partial charge is 0.106 e. The normalized spacial score (nSPS) is 10.8. The highest BCUT2D eigenvalue weighted by Crippen LogP contribution is 2.17. The van der Waals surface area contributed by atoms with E-state index in [2.05, 4.69) is 19.9 Å². The molecule has 0 aromatic carbocycles. The van der Waals surface area contributed by atoms with Crippen LogP contribution in [0.15, 0.2) is 24.7 Å². The van der Waals surface area contributed by atoms with Crippen LogP contribution in [-0.4, -0.2) is 21.6 Å². The van der Waals surface area contributed by atoms with E-state index in [1.54, 1.807) is 12.4 Å². The molecule has 4 nitrogen and oxygen atoms in total. The molecule has 2 heterocycles. The van der Waals surface area contributed by atoms with Crippen molar-refractivity contribution in [2.75, 3.05) is 7.05 Å². The summed E-state index contributed by atoms with van der Waals surface area (Å²) in [5, 5.41) is 3.82. The van der Waals surface area contributed by atoms with Gasteiger partial charge in [-0.2, -0.15) is 0 Å². The number of pyridine rings is 1. The molecule has 90 valence electrons. The number of nitrogens with zero attached hydrogens (tertiary/aromatic N) is 3. The Morgan fingerprint density at radius 2 is 2.24 bits per heavy atom. The molecule has 0 bridgehead atoms. The van der Waals surface area contributed by atoms with Crippen LogP contribution in [0.2, 0.25) is 5.02 Å². The van der Waals surface area contributed by atoms with Crippen molar-refractivity contribution in [1.82, 2.24) is 19.9 Å². The van der Waals surface area contributed by atoms with Crippen LogP contribution in [0.5, 0.6) is 0 Å². The summed E-state index contributed by atoms with van der Waals surface area (Å²) in [4.78, 5) is 8.31. The van der Waals surface area contributed by atoms with Crippen LogP contribution in [0.1, 0.15) is 17.1 Å². The fourth-order valence-corrected chi connectivity index (χ4v) is 1.93. The second-order valence-corrected chi connectivity index (χ2v) is 4.29. The van der Waals surface area contributed by atoms with Crippen LogP contribution < -0.4 is 5.32 Å². The van der Waals surface area contributed by atoms with Gasteiger partial charge in [0.1, 0.15) is 5.82 Å². The molecule has 0 fully saturated rings. The van der Waals surface area contributed by atoms with Gasteiger partial charge in [0.15, 0.2) is 0 Å². The summed E-state index contributed by atoms with van der Waals surface area (Å²) in [6.45, 7) is 3.52. The van der Waals surface area contributed by atoms with Crippen LogP contribution >= 0.6 is 11.6 Å². The second-order valence-electron chi connectivity index (χ2n) is 3.88. The number of imidazole rings is 1. The van der Waals surface area contributed by atoms with E-state index >= 15 is 0 Å². The van der Waals surface area contributed by atoms with E-state index in [9.17, 15) is 0 Å². The summed E-state index contributed by atoms with van der Waals surface area (Å²) in [5.74, 6) is 0.989. The summed E-state index contributed by atoms with van der Waals surface area (Å²) in [6.07, 6.45) is 5.31. The van der Waals surface area contributed by atoms with Crippen LogP contribution in [0.4, 0.5) is 0 Å². The van der Waals surface area contributed by atoms with Crippen molar-refractivity contribution in [3.63, 3.8) is 0 Å². The minimum Gasteiger partial charge on any atom is -0.327 e. The molecule has 2 aromatic heterocycles. The van der Waals surface area contributed by atoms with E-state index < -0.39 is 0 Å². The number of aryl methyl sites for hydroxylation is 1. The summed E-state index contributed by atoms with van der Waals surface area (Å²) >= 11 is 6.11. The molecule has 2 rings (SSSR count). The van der Waals surface area contributed by atoms with Gasteiger partial charge in [-0.3, -0.25) is 4.98 Å². The zero-order valence-electron chi connectivity index (χ0n) is 9.94. The molecule has 5 heteroatoms. The van der Waals surface area contributed by atoms with Crippen LogP contribution in [-0.2, 0) is 13.1 Å². The molecular formula is C12H15ClN4. The van der Waals surface area contributed by atoms with Crippen LogP contribution in [0.25, 0.3) is 0 Å². The lowest BCUT2D eigenvalue weighted by molar-refractivity contribution is 0.676. The van der Waals surface area contributed by atoms with Crippen LogP contribution in [0, 0.1) is 6.92 Å². The molecule has 1 N–H and O–H groups in total. The van der Waals surface area contributed by atoms with Crippen molar-refractivity contribution in [1.29, 1.82) is 0 Å². The Labute approximate surface area is 106 Å². The Bertz CT molecular complexity index is 507. The van der Waals surface area contributed by atoms with E-state index in [0.717, 1.165) is 30.2 Å². The molecule has 0 aliphatic carbocycles. The zero-order chi connectivity index (χ0) is 12.3. The molecule has 0 radical (unpaired) electrons. The number of hydrogen-bond acceptors (Lipinski definition) is 3. The highest BCUT2D eigenvalue weighted by Gasteiger charge is 2.08. The number of rotatable bonds is 4. The minimum atomic E-state index is 0.691. The van der Waals surface area contributed by atoms with E-state index in [4.69, 9.17) is 11.6 Å². The zero-order valence-corrected chi connectivity index (χ0v) is 10.7. The van der Waals surface area contributed by atoms with Crippen molar-refractivity contribution in [2.24, 2.45) is 0 Å². The summed E-state index contributed by atoms with van der Waals surface area (Å²) < 4.78 is 2.15. The van der Waals surface area contributed by atoms with Gasteiger partial charge >= 0.3 is 0 Å². The van der Waals surface area contributed by atoms with E-state index in [1.807, 2.05) is 26.2 Å². The van der Waals surface area contributed by atoms with E-state index in [0.29, 0.717) is 5.02 Å². The fourth-order valence-electron chi connectivity index (χ4n) is 1.76. The molecule has 0 saturated heterocycles. The molecule has 0 spiro atoms. The van der Waals surface area contributed by atoms with Gasteiger partial charge in [-0.15, -0.1) is 0 Å². The molecule has 0 saturated carbocycles. The Balaban J connectivity index is 2.29. The van der Waals surface area contributed by atoms with Gasteiger partial charge in [0.2, 0.25) is 0 Å². The lowest BCUT2D eigenvalue weighted by Crippen LogP contribution is -2.13. The second kappa shape index (κ2) is 5.29. The Morgan fingerprint density at radius 1 is 1.41 bits per heavy atom. The third kappa shape index (κ3) is 2.65. The Hall–Kier alpha value is -1.39. The summed E-state index contributed by atoms with van der Waals surface area (Å²) in [5.41, 5.74) is 2.21. The maximum atomic E-state index is 6.11. The van der Waals surface area contributed by atoms with Gasteiger partial charge in [-0.05, 0) is 25.6 Å². The first-order valence-corrected chi connectivity index (χ1v) is 5.84. The van der Waals surface area contributed by atoms with Gasteiger partial charge in [0.25, 0.3) is 0 Å². The molecule has 0 atom stereocenters. The van der Waals surface area contributed by atoms with Gasteiger partial charge in [-0.1, -0.05) is 11.6 Å². The average molecular weight is 251 g/mol. The maximum Gasteiger partial charge on any atom is 0.106 e. The lowest BCUT2D eigenvalue weighted by atomic mass is 10.2. The third-order valence-electron chi connectivity index (χ3n) is 2.68. The summed E-state index contributed by atoms with van der Waals surface area (Å²) in [7, 11) is 1.92. The highest BCUT2D eigenvalue weighted by molar-refractivity contribution is 6.31. The SMILES string of the molecule is CNCc1cnc(C)n1Cc1ccncc1Cl. The molecule has 0 unspecified atom stereocenters. The van der Waals surface area contributed by atoms with Crippen molar-refractivity contribution in [2.45, 2.75) is 20.0 Å². The standard InChI is InChI=1S/C12H15ClN4/c1-9-16-6-11(5-14-2)17(9)8-10-3-4-15-7-12(10)13/h3-4,6-7,14H,5,8H2,1-2H3. The largest absolute Gasteiger partial charge is 0.327 e. The number of aromatic nitrogens is 3. The van der Waals surface area contributed by atoms with Gasteiger partial charge in [-0.25, -0.2) is 4.98 Å². The fraction of sp³-hybridized carbons (Fsp3) is 0.333. The van der Waals surface area contributed by atoms with Crippen molar-refractivity contribution < 1.29 is 0 Å². The average Bonchev–Trinajstić information content (AvgIpc) is 2.65. The monoisotopic (exact) mass is 250 g/mol. The Morgan fingerprint density at radius 3 is 2.94 bits per heavy atom. The van der Waals surface area contributed by atoms with E-state index in [-0.39, 0.29) is 0 Å². The van der Waals surface area contributed by atoms with Gasteiger partial charge in [0, 0.05) is 25.1 Å². The predicted molar refractivity (Wildman–Crippen MR) is 68.1 cm³/mol. The third-order valence-corrected chi connectivity index (χ3v) is 3.02.